The average molecular weight is 286 g/mol. The Hall–Kier alpha value is -1.45. The zero-order chi connectivity index (χ0) is 13.1. The second-order valence-corrected chi connectivity index (χ2v) is 4.47. The number of benzene rings is 2. The molecule has 0 amide bonds. The van der Waals surface area contributed by atoms with Gasteiger partial charge in [0.2, 0.25) is 0 Å². The highest BCUT2D eigenvalue weighted by Gasteiger charge is 2.06. The zero-order valence-electron chi connectivity index (χ0n) is 9.29. The van der Waals surface area contributed by atoms with Gasteiger partial charge in [0.05, 0.1) is 15.7 Å². The fraction of sp³-hybridized carbons (Fsp3) is 0.0769. The lowest BCUT2D eigenvalue weighted by molar-refractivity contribution is 0.306. The molecule has 0 bridgehead atoms. The van der Waals surface area contributed by atoms with E-state index in [1.807, 2.05) is 0 Å². The van der Waals surface area contributed by atoms with Crippen LogP contribution in [0.3, 0.4) is 0 Å². The van der Waals surface area contributed by atoms with E-state index < -0.39 is 5.82 Å². The summed E-state index contributed by atoms with van der Waals surface area (Å²) < 4.78 is 18.7. The first-order chi connectivity index (χ1) is 8.58. The van der Waals surface area contributed by atoms with Crippen molar-refractivity contribution in [2.75, 3.05) is 5.73 Å². The molecule has 0 aliphatic carbocycles. The summed E-state index contributed by atoms with van der Waals surface area (Å²) in [7, 11) is 0. The molecular formula is C13H10Cl2FNO. The van der Waals surface area contributed by atoms with Crippen LogP contribution in [0.4, 0.5) is 10.1 Å². The van der Waals surface area contributed by atoms with Gasteiger partial charge in [0, 0.05) is 11.6 Å². The molecule has 0 aliphatic rings. The van der Waals surface area contributed by atoms with Crippen LogP contribution < -0.4 is 10.5 Å². The van der Waals surface area contributed by atoms with E-state index >= 15 is 0 Å². The molecule has 0 unspecified atom stereocenters. The molecule has 0 spiro atoms. The summed E-state index contributed by atoms with van der Waals surface area (Å²) in [5, 5.41) is 0.483. The number of nitrogen functional groups attached to an aromatic ring is 1. The van der Waals surface area contributed by atoms with E-state index in [-0.39, 0.29) is 11.6 Å². The normalized spacial score (nSPS) is 10.4. The number of rotatable bonds is 3. The van der Waals surface area contributed by atoms with E-state index in [9.17, 15) is 4.39 Å². The first-order valence-electron chi connectivity index (χ1n) is 5.18. The van der Waals surface area contributed by atoms with Gasteiger partial charge in [-0.05, 0) is 18.2 Å². The highest BCUT2D eigenvalue weighted by atomic mass is 35.5. The minimum atomic E-state index is -0.465. The summed E-state index contributed by atoms with van der Waals surface area (Å²) in [6.45, 7) is 0.164. The van der Waals surface area contributed by atoms with Crippen molar-refractivity contribution in [1.82, 2.24) is 0 Å². The molecule has 2 nitrogen and oxygen atoms in total. The van der Waals surface area contributed by atoms with Gasteiger partial charge in [-0.25, -0.2) is 4.39 Å². The van der Waals surface area contributed by atoms with Gasteiger partial charge < -0.3 is 10.5 Å². The lowest BCUT2D eigenvalue weighted by atomic mass is 10.2. The Morgan fingerprint density at radius 2 is 1.94 bits per heavy atom. The summed E-state index contributed by atoms with van der Waals surface area (Å²) >= 11 is 11.7. The van der Waals surface area contributed by atoms with Crippen LogP contribution in [0.15, 0.2) is 36.4 Å². The molecular weight excluding hydrogens is 276 g/mol. The van der Waals surface area contributed by atoms with E-state index in [0.29, 0.717) is 22.0 Å². The highest BCUT2D eigenvalue weighted by molar-refractivity contribution is 6.33. The molecule has 0 saturated carbocycles. The Balaban J connectivity index is 2.11. The maximum absolute atomic E-state index is 13.2. The van der Waals surface area contributed by atoms with Crippen molar-refractivity contribution in [3.8, 4) is 5.75 Å². The van der Waals surface area contributed by atoms with Crippen molar-refractivity contribution in [3.63, 3.8) is 0 Å². The number of halogens is 3. The van der Waals surface area contributed by atoms with Crippen LogP contribution in [0, 0.1) is 5.82 Å². The van der Waals surface area contributed by atoms with Gasteiger partial charge in [-0.15, -0.1) is 0 Å². The van der Waals surface area contributed by atoms with Crippen molar-refractivity contribution in [2.24, 2.45) is 0 Å². The number of nitrogens with two attached hydrogens (primary N) is 1. The standard InChI is InChI=1S/C13H10Cl2FNO/c14-10-6-9(4-5-12(10)17)18-7-8-2-1-3-11(16)13(8)15/h1-6H,7,17H2. The number of ether oxygens (including phenoxy) is 1. The predicted molar refractivity (Wildman–Crippen MR) is 71.6 cm³/mol. The quantitative estimate of drug-likeness (QED) is 0.854. The molecule has 2 aromatic rings. The van der Waals surface area contributed by atoms with Gasteiger partial charge in [-0.1, -0.05) is 35.3 Å². The Morgan fingerprint density at radius 1 is 1.17 bits per heavy atom. The number of anilines is 1. The highest BCUT2D eigenvalue weighted by Crippen LogP contribution is 2.26. The molecule has 0 aromatic heterocycles. The van der Waals surface area contributed by atoms with Gasteiger partial charge in [-0.3, -0.25) is 0 Å². The fourth-order valence-corrected chi connectivity index (χ4v) is 1.77. The fourth-order valence-electron chi connectivity index (χ4n) is 1.42. The Bertz CT molecular complexity index is 575. The molecule has 18 heavy (non-hydrogen) atoms. The van der Waals surface area contributed by atoms with Crippen LogP contribution >= 0.6 is 23.2 Å². The van der Waals surface area contributed by atoms with E-state index in [4.69, 9.17) is 33.7 Å². The van der Waals surface area contributed by atoms with Crippen LogP contribution in [0.5, 0.6) is 5.75 Å². The minimum absolute atomic E-state index is 0.0686. The third kappa shape index (κ3) is 2.86. The van der Waals surface area contributed by atoms with Crippen molar-refractivity contribution in [1.29, 1.82) is 0 Å². The lowest BCUT2D eigenvalue weighted by Gasteiger charge is -2.09. The SMILES string of the molecule is Nc1ccc(OCc2cccc(F)c2Cl)cc1Cl. The van der Waals surface area contributed by atoms with Crippen molar-refractivity contribution < 1.29 is 9.13 Å². The van der Waals surface area contributed by atoms with Gasteiger partial charge in [-0.2, -0.15) is 0 Å². The molecule has 5 heteroatoms. The topological polar surface area (TPSA) is 35.2 Å². The van der Waals surface area contributed by atoms with Crippen LogP contribution in [-0.4, -0.2) is 0 Å². The molecule has 2 N–H and O–H groups in total. The summed E-state index contributed by atoms with van der Waals surface area (Å²) in [6.07, 6.45) is 0. The number of hydrogen-bond acceptors (Lipinski definition) is 2. The monoisotopic (exact) mass is 285 g/mol. The van der Waals surface area contributed by atoms with Crippen LogP contribution in [0.2, 0.25) is 10.0 Å². The Morgan fingerprint density at radius 3 is 2.67 bits per heavy atom. The molecule has 0 atom stereocenters. The molecule has 0 heterocycles. The summed E-state index contributed by atoms with van der Waals surface area (Å²) in [5.74, 6) is 0.0858. The average Bonchev–Trinajstić information content (AvgIpc) is 2.35. The van der Waals surface area contributed by atoms with Gasteiger partial charge in [0.15, 0.2) is 0 Å². The molecule has 0 saturated heterocycles. The second kappa shape index (κ2) is 5.46. The summed E-state index contributed by atoms with van der Waals surface area (Å²) in [5.41, 5.74) is 6.63. The predicted octanol–water partition coefficient (Wildman–Crippen LogP) is 4.29. The second-order valence-electron chi connectivity index (χ2n) is 3.68. The summed E-state index contributed by atoms with van der Waals surface area (Å²) in [6, 6.07) is 9.51. The van der Waals surface area contributed by atoms with Gasteiger partial charge in [0.1, 0.15) is 18.2 Å². The van der Waals surface area contributed by atoms with Crippen molar-refractivity contribution in [2.45, 2.75) is 6.61 Å². The zero-order valence-corrected chi connectivity index (χ0v) is 10.8. The molecule has 2 aromatic carbocycles. The van der Waals surface area contributed by atoms with Gasteiger partial charge in [0.25, 0.3) is 0 Å². The molecule has 0 fully saturated rings. The number of hydrogen-bond donors (Lipinski definition) is 1. The Kier molecular flexibility index (Phi) is 3.94. The van der Waals surface area contributed by atoms with E-state index in [2.05, 4.69) is 0 Å². The molecule has 2 rings (SSSR count). The van der Waals surface area contributed by atoms with E-state index in [0.717, 1.165) is 0 Å². The molecule has 94 valence electrons. The lowest BCUT2D eigenvalue weighted by Crippen LogP contribution is -1.98. The van der Waals surface area contributed by atoms with Gasteiger partial charge >= 0.3 is 0 Å². The smallest absolute Gasteiger partial charge is 0.142 e. The van der Waals surface area contributed by atoms with E-state index in [1.165, 1.54) is 6.07 Å². The van der Waals surface area contributed by atoms with Crippen molar-refractivity contribution >= 4 is 28.9 Å². The maximum Gasteiger partial charge on any atom is 0.142 e. The minimum Gasteiger partial charge on any atom is -0.489 e. The first kappa shape index (κ1) is 13.0. The first-order valence-corrected chi connectivity index (χ1v) is 5.94. The van der Waals surface area contributed by atoms with Crippen LogP contribution in [0.25, 0.3) is 0 Å². The third-order valence-corrected chi connectivity index (χ3v) is 3.15. The van der Waals surface area contributed by atoms with Crippen LogP contribution in [0.1, 0.15) is 5.56 Å². The molecule has 0 aliphatic heterocycles. The maximum atomic E-state index is 13.2. The van der Waals surface area contributed by atoms with E-state index in [1.54, 1.807) is 30.3 Å². The molecule has 0 radical (unpaired) electrons. The third-order valence-electron chi connectivity index (χ3n) is 2.40. The largest absolute Gasteiger partial charge is 0.489 e. The summed E-state index contributed by atoms with van der Waals surface area (Å²) in [4.78, 5) is 0. The Labute approximate surface area is 114 Å². The van der Waals surface area contributed by atoms with Crippen LogP contribution in [-0.2, 0) is 6.61 Å². The van der Waals surface area contributed by atoms with Crippen molar-refractivity contribution in [3.05, 3.63) is 57.8 Å².